The number of aryl methyl sites for hydroxylation is 1. The van der Waals surface area contributed by atoms with Crippen LogP contribution >= 0.6 is 0 Å². The van der Waals surface area contributed by atoms with Crippen molar-refractivity contribution in [3.8, 4) is 0 Å². The Labute approximate surface area is 127 Å². The highest BCUT2D eigenvalue weighted by Crippen LogP contribution is 2.38. The molecule has 2 saturated carbocycles. The minimum atomic E-state index is -3.37. The molecule has 0 spiro atoms. The van der Waals surface area contributed by atoms with Gasteiger partial charge in [-0.2, -0.15) is 4.31 Å². The van der Waals surface area contributed by atoms with E-state index in [1.165, 1.54) is 12.8 Å². The van der Waals surface area contributed by atoms with E-state index < -0.39 is 10.0 Å². The molecule has 0 bridgehead atoms. The summed E-state index contributed by atoms with van der Waals surface area (Å²) in [7, 11) is -3.37. The molecule has 0 saturated heterocycles. The van der Waals surface area contributed by atoms with Crippen molar-refractivity contribution < 1.29 is 8.42 Å². The van der Waals surface area contributed by atoms with Crippen molar-refractivity contribution in [2.75, 3.05) is 6.54 Å². The van der Waals surface area contributed by atoms with Crippen LogP contribution < -0.4 is 5.73 Å². The van der Waals surface area contributed by atoms with Gasteiger partial charge in [0.1, 0.15) is 0 Å². The van der Waals surface area contributed by atoms with Crippen molar-refractivity contribution in [1.82, 2.24) is 4.31 Å². The minimum absolute atomic E-state index is 0.225. The predicted molar refractivity (Wildman–Crippen MR) is 83.3 cm³/mol. The van der Waals surface area contributed by atoms with E-state index in [0.29, 0.717) is 23.9 Å². The van der Waals surface area contributed by atoms with Gasteiger partial charge in [0.15, 0.2) is 0 Å². The van der Waals surface area contributed by atoms with Gasteiger partial charge in [-0.05, 0) is 61.3 Å². The van der Waals surface area contributed by atoms with E-state index in [1.54, 1.807) is 16.4 Å². The van der Waals surface area contributed by atoms with Gasteiger partial charge in [0.25, 0.3) is 0 Å². The lowest BCUT2D eigenvalue weighted by Gasteiger charge is -2.22. The summed E-state index contributed by atoms with van der Waals surface area (Å²) < 4.78 is 27.6. The van der Waals surface area contributed by atoms with Gasteiger partial charge in [-0.3, -0.25) is 0 Å². The second-order valence-electron chi connectivity index (χ2n) is 6.24. The fraction of sp³-hybridized carbons (Fsp3) is 0.625. The molecule has 4 nitrogen and oxygen atoms in total. The molecule has 0 radical (unpaired) electrons. The van der Waals surface area contributed by atoms with Crippen LogP contribution in [0.5, 0.6) is 0 Å². The summed E-state index contributed by atoms with van der Waals surface area (Å²) in [5.74, 6) is 0.573. The lowest BCUT2D eigenvalue weighted by Crippen LogP contribution is -2.35. The standard InChI is InChI=1S/C16H24N2O2S/c1-2-13-5-8-16(9-14(13)10-17)21(19,20)18(15-6-7-15)11-12-3-4-12/h5,8-9,12,15H,2-4,6-7,10-11,17H2,1H3. The lowest BCUT2D eigenvalue weighted by molar-refractivity contribution is 0.388. The third-order valence-corrected chi connectivity index (χ3v) is 6.39. The molecule has 0 amide bonds. The Kier molecular flexibility index (Phi) is 4.08. The number of nitrogens with zero attached hydrogens (tertiary/aromatic N) is 1. The third kappa shape index (κ3) is 3.15. The minimum Gasteiger partial charge on any atom is -0.326 e. The Morgan fingerprint density at radius 2 is 1.90 bits per heavy atom. The van der Waals surface area contributed by atoms with E-state index in [9.17, 15) is 8.42 Å². The SMILES string of the molecule is CCc1ccc(S(=O)(=O)N(CC2CC2)C2CC2)cc1CN. The quantitative estimate of drug-likeness (QED) is 0.840. The van der Waals surface area contributed by atoms with Crippen molar-refractivity contribution in [3.63, 3.8) is 0 Å². The van der Waals surface area contributed by atoms with E-state index >= 15 is 0 Å². The van der Waals surface area contributed by atoms with E-state index in [-0.39, 0.29) is 6.04 Å². The van der Waals surface area contributed by atoms with Crippen molar-refractivity contribution in [3.05, 3.63) is 29.3 Å². The van der Waals surface area contributed by atoms with Crippen molar-refractivity contribution in [2.24, 2.45) is 11.7 Å². The van der Waals surface area contributed by atoms with Crippen LogP contribution in [0.3, 0.4) is 0 Å². The summed E-state index contributed by atoms with van der Waals surface area (Å²) in [4.78, 5) is 0.410. The van der Waals surface area contributed by atoms with Crippen molar-refractivity contribution in [1.29, 1.82) is 0 Å². The summed E-state index contributed by atoms with van der Waals surface area (Å²) in [6, 6.07) is 5.66. The molecule has 21 heavy (non-hydrogen) atoms. The molecule has 0 atom stereocenters. The van der Waals surface area contributed by atoms with Gasteiger partial charge < -0.3 is 5.73 Å². The number of benzene rings is 1. The first kappa shape index (κ1) is 15.0. The van der Waals surface area contributed by atoms with Crippen LogP contribution in [0, 0.1) is 5.92 Å². The fourth-order valence-electron chi connectivity index (χ4n) is 2.79. The second-order valence-corrected chi connectivity index (χ2v) is 8.13. The molecular weight excluding hydrogens is 284 g/mol. The van der Waals surface area contributed by atoms with Gasteiger partial charge in [0, 0.05) is 19.1 Å². The molecule has 2 fully saturated rings. The number of hydrogen-bond donors (Lipinski definition) is 1. The van der Waals surface area contributed by atoms with E-state index in [1.807, 2.05) is 6.07 Å². The zero-order chi connectivity index (χ0) is 15.0. The molecule has 1 aromatic rings. The van der Waals surface area contributed by atoms with Gasteiger partial charge in [0.2, 0.25) is 10.0 Å². The smallest absolute Gasteiger partial charge is 0.243 e. The largest absolute Gasteiger partial charge is 0.326 e. The molecule has 2 N–H and O–H groups in total. The van der Waals surface area contributed by atoms with Gasteiger partial charge in [-0.1, -0.05) is 13.0 Å². The summed E-state index contributed by atoms with van der Waals surface area (Å²) in [5.41, 5.74) is 7.85. The topological polar surface area (TPSA) is 63.4 Å². The van der Waals surface area contributed by atoms with E-state index in [4.69, 9.17) is 5.73 Å². The van der Waals surface area contributed by atoms with Gasteiger partial charge >= 0.3 is 0 Å². The summed E-state index contributed by atoms with van der Waals surface area (Å²) in [6.07, 6.45) is 5.22. The van der Waals surface area contributed by atoms with Crippen LogP contribution in [0.25, 0.3) is 0 Å². The Balaban J connectivity index is 1.92. The molecule has 116 valence electrons. The normalized spacial score (nSPS) is 19.2. The van der Waals surface area contributed by atoms with Crippen LogP contribution in [-0.4, -0.2) is 25.3 Å². The lowest BCUT2D eigenvalue weighted by atomic mass is 10.1. The summed E-state index contributed by atoms with van der Waals surface area (Å²) in [5, 5.41) is 0. The molecular formula is C16H24N2O2S. The molecule has 2 aliphatic rings. The number of hydrogen-bond acceptors (Lipinski definition) is 3. The Bertz CT molecular complexity index is 619. The fourth-order valence-corrected chi connectivity index (χ4v) is 4.61. The maximum atomic E-state index is 12.9. The Morgan fingerprint density at radius 3 is 2.43 bits per heavy atom. The number of nitrogens with two attached hydrogens (primary N) is 1. The van der Waals surface area contributed by atoms with Gasteiger partial charge in [0.05, 0.1) is 4.90 Å². The molecule has 3 rings (SSSR count). The molecule has 0 aromatic heterocycles. The molecule has 0 unspecified atom stereocenters. The first-order valence-electron chi connectivity index (χ1n) is 7.90. The highest BCUT2D eigenvalue weighted by atomic mass is 32.2. The molecule has 0 aliphatic heterocycles. The number of sulfonamides is 1. The number of rotatable bonds is 7. The first-order chi connectivity index (χ1) is 10.1. The zero-order valence-corrected chi connectivity index (χ0v) is 13.4. The average Bonchev–Trinajstić information content (AvgIpc) is 3.37. The monoisotopic (exact) mass is 308 g/mol. The Hall–Kier alpha value is -0.910. The zero-order valence-electron chi connectivity index (χ0n) is 12.6. The highest BCUT2D eigenvalue weighted by molar-refractivity contribution is 7.89. The van der Waals surface area contributed by atoms with Crippen LogP contribution in [0.4, 0.5) is 0 Å². The van der Waals surface area contributed by atoms with Crippen LogP contribution in [0.1, 0.15) is 43.7 Å². The maximum absolute atomic E-state index is 12.9. The molecule has 0 heterocycles. The molecule has 5 heteroatoms. The second kappa shape index (κ2) is 5.71. The van der Waals surface area contributed by atoms with Crippen LogP contribution in [0.15, 0.2) is 23.1 Å². The average molecular weight is 308 g/mol. The molecule has 1 aromatic carbocycles. The first-order valence-corrected chi connectivity index (χ1v) is 9.34. The maximum Gasteiger partial charge on any atom is 0.243 e. The summed E-state index contributed by atoms with van der Waals surface area (Å²) >= 11 is 0. The van der Waals surface area contributed by atoms with Gasteiger partial charge in [-0.25, -0.2) is 8.42 Å². The van der Waals surface area contributed by atoms with Crippen LogP contribution in [0.2, 0.25) is 0 Å². The third-order valence-electron chi connectivity index (χ3n) is 4.47. The van der Waals surface area contributed by atoms with Crippen molar-refractivity contribution >= 4 is 10.0 Å². The highest BCUT2D eigenvalue weighted by Gasteiger charge is 2.41. The molecule has 2 aliphatic carbocycles. The van der Waals surface area contributed by atoms with E-state index in [2.05, 4.69) is 6.92 Å². The van der Waals surface area contributed by atoms with E-state index in [0.717, 1.165) is 30.4 Å². The van der Waals surface area contributed by atoms with Crippen molar-refractivity contribution in [2.45, 2.75) is 56.5 Å². The Morgan fingerprint density at radius 1 is 1.19 bits per heavy atom. The summed E-state index contributed by atoms with van der Waals surface area (Å²) in [6.45, 7) is 3.14. The predicted octanol–water partition coefficient (Wildman–Crippen LogP) is 2.27. The van der Waals surface area contributed by atoms with Gasteiger partial charge in [-0.15, -0.1) is 0 Å². The van der Waals surface area contributed by atoms with Crippen LogP contribution in [-0.2, 0) is 23.0 Å².